The zero-order valence-electron chi connectivity index (χ0n) is 8.09. The quantitative estimate of drug-likeness (QED) is 0.787. The van der Waals surface area contributed by atoms with Crippen LogP contribution in [0.5, 0.6) is 0 Å². The number of halogens is 1. The molecule has 1 aromatic carbocycles. The van der Waals surface area contributed by atoms with E-state index in [1.807, 2.05) is 6.07 Å². The Kier molecular flexibility index (Phi) is 2.19. The topological polar surface area (TPSA) is 12.0 Å². The molecule has 1 aliphatic heterocycles. The molecule has 1 N–H and O–H groups in total. The first-order chi connectivity index (χ1) is 7.33. The fourth-order valence-electron chi connectivity index (χ4n) is 1.91. The Hall–Kier alpha value is -0.990. The molecule has 1 nitrogen and oxygen atoms in total. The van der Waals surface area contributed by atoms with Gasteiger partial charge in [0.1, 0.15) is 0 Å². The standard InChI is InChI=1S/C12H10ClNS/c13-12-4-3-11(15-12)9-2-1-8-5-6-14-10(8)7-9/h1-4,7,14H,5-6H2. The van der Waals surface area contributed by atoms with Crippen molar-refractivity contribution in [1.82, 2.24) is 0 Å². The van der Waals surface area contributed by atoms with Crippen molar-refractivity contribution >= 4 is 28.6 Å². The first-order valence-corrected chi connectivity index (χ1v) is 6.15. The van der Waals surface area contributed by atoms with Gasteiger partial charge in [0, 0.05) is 17.1 Å². The zero-order valence-corrected chi connectivity index (χ0v) is 9.66. The number of thiophene rings is 1. The summed E-state index contributed by atoms with van der Waals surface area (Å²) >= 11 is 7.55. The Labute approximate surface area is 97.7 Å². The van der Waals surface area contributed by atoms with Gasteiger partial charge in [0.2, 0.25) is 0 Å². The maximum atomic E-state index is 5.93. The molecule has 2 aromatic rings. The molecule has 76 valence electrons. The highest BCUT2D eigenvalue weighted by Gasteiger charge is 2.11. The molecular formula is C12H10ClNS. The number of anilines is 1. The normalized spacial score (nSPS) is 13.7. The molecule has 0 atom stereocenters. The van der Waals surface area contributed by atoms with Gasteiger partial charge in [0.05, 0.1) is 4.34 Å². The van der Waals surface area contributed by atoms with Crippen molar-refractivity contribution in [3.05, 3.63) is 40.2 Å². The van der Waals surface area contributed by atoms with Crippen LogP contribution in [0, 0.1) is 0 Å². The van der Waals surface area contributed by atoms with E-state index in [0.29, 0.717) is 0 Å². The van der Waals surface area contributed by atoms with Gasteiger partial charge < -0.3 is 5.32 Å². The monoisotopic (exact) mass is 235 g/mol. The second-order valence-electron chi connectivity index (χ2n) is 3.65. The molecule has 0 radical (unpaired) electrons. The molecule has 0 saturated heterocycles. The van der Waals surface area contributed by atoms with Gasteiger partial charge in [-0.3, -0.25) is 0 Å². The van der Waals surface area contributed by atoms with Crippen molar-refractivity contribution in [3.8, 4) is 10.4 Å². The van der Waals surface area contributed by atoms with Crippen LogP contribution in [0.1, 0.15) is 5.56 Å². The minimum absolute atomic E-state index is 0.846. The third-order valence-electron chi connectivity index (χ3n) is 2.68. The van der Waals surface area contributed by atoms with E-state index in [-0.39, 0.29) is 0 Å². The van der Waals surface area contributed by atoms with Crippen LogP contribution < -0.4 is 5.32 Å². The Morgan fingerprint density at radius 3 is 2.93 bits per heavy atom. The van der Waals surface area contributed by atoms with Crippen molar-refractivity contribution in [1.29, 1.82) is 0 Å². The molecule has 0 amide bonds. The molecule has 0 saturated carbocycles. The fraction of sp³-hybridized carbons (Fsp3) is 0.167. The third kappa shape index (κ3) is 1.64. The SMILES string of the molecule is Clc1ccc(-c2ccc3c(c2)NCC3)s1. The summed E-state index contributed by atoms with van der Waals surface area (Å²) in [6.07, 6.45) is 1.14. The van der Waals surface area contributed by atoms with E-state index in [9.17, 15) is 0 Å². The van der Waals surface area contributed by atoms with E-state index in [4.69, 9.17) is 11.6 Å². The lowest BCUT2D eigenvalue weighted by atomic mass is 10.1. The third-order valence-corrected chi connectivity index (χ3v) is 3.96. The maximum Gasteiger partial charge on any atom is 0.0934 e. The summed E-state index contributed by atoms with van der Waals surface area (Å²) in [5.41, 5.74) is 3.94. The van der Waals surface area contributed by atoms with Gasteiger partial charge in [-0.15, -0.1) is 11.3 Å². The Morgan fingerprint density at radius 2 is 2.13 bits per heavy atom. The largest absolute Gasteiger partial charge is 0.384 e. The first-order valence-electron chi connectivity index (χ1n) is 4.95. The molecule has 2 heterocycles. The second kappa shape index (κ2) is 3.54. The summed E-state index contributed by atoms with van der Waals surface area (Å²) in [5, 5.41) is 3.39. The van der Waals surface area contributed by atoms with E-state index in [1.54, 1.807) is 11.3 Å². The molecule has 1 aromatic heterocycles. The van der Waals surface area contributed by atoms with Crippen LogP contribution in [-0.4, -0.2) is 6.54 Å². The lowest BCUT2D eigenvalue weighted by molar-refractivity contribution is 1.11. The van der Waals surface area contributed by atoms with Crippen molar-refractivity contribution in [2.75, 3.05) is 11.9 Å². The molecular weight excluding hydrogens is 226 g/mol. The number of rotatable bonds is 1. The molecule has 0 aliphatic carbocycles. The van der Waals surface area contributed by atoms with Crippen LogP contribution in [0.2, 0.25) is 4.34 Å². The number of hydrogen-bond donors (Lipinski definition) is 1. The molecule has 0 unspecified atom stereocenters. The number of nitrogens with one attached hydrogen (secondary N) is 1. The Bertz CT molecular complexity index is 504. The Morgan fingerprint density at radius 1 is 1.20 bits per heavy atom. The maximum absolute atomic E-state index is 5.93. The van der Waals surface area contributed by atoms with E-state index < -0.39 is 0 Å². The van der Waals surface area contributed by atoms with E-state index in [2.05, 4.69) is 29.6 Å². The predicted octanol–water partition coefficient (Wildman–Crippen LogP) is 4.04. The van der Waals surface area contributed by atoms with Crippen LogP contribution in [0.25, 0.3) is 10.4 Å². The molecule has 1 aliphatic rings. The summed E-state index contributed by atoms with van der Waals surface area (Å²) in [6.45, 7) is 1.06. The average Bonchev–Trinajstić information content (AvgIpc) is 2.84. The Balaban J connectivity index is 2.06. The average molecular weight is 236 g/mol. The van der Waals surface area contributed by atoms with E-state index in [1.165, 1.54) is 21.7 Å². The van der Waals surface area contributed by atoms with Crippen LogP contribution in [-0.2, 0) is 6.42 Å². The molecule has 0 fully saturated rings. The summed E-state index contributed by atoms with van der Waals surface area (Å²) in [4.78, 5) is 1.23. The number of hydrogen-bond acceptors (Lipinski definition) is 2. The van der Waals surface area contributed by atoms with Crippen molar-refractivity contribution in [2.24, 2.45) is 0 Å². The van der Waals surface area contributed by atoms with Gasteiger partial charge in [-0.05, 0) is 35.7 Å². The highest BCUT2D eigenvalue weighted by atomic mass is 35.5. The molecule has 3 heteroatoms. The van der Waals surface area contributed by atoms with Crippen molar-refractivity contribution in [2.45, 2.75) is 6.42 Å². The van der Waals surface area contributed by atoms with Crippen molar-refractivity contribution in [3.63, 3.8) is 0 Å². The predicted molar refractivity (Wildman–Crippen MR) is 67.0 cm³/mol. The highest BCUT2D eigenvalue weighted by Crippen LogP contribution is 2.34. The lowest BCUT2D eigenvalue weighted by Gasteiger charge is -2.02. The van der Waals surface area contributed by atoms with Crippen LogP contribution >= 0.6 is 22.9 Å². The number of fused-ring (bicyclic) bond motifs is 1. The van der Waals surface area contributed by atoms with Gasteiger partial charge >= 0.3 is 0 Å². The summed E-state index contributed by atoms with van der Waals surface area (Å²) in [7, 11) is 0. The minimum atomic E-state index is 0.846. The zero-order chi connectivity index (χ0) is 10.3. The van der Waals surface area contributed by atoms with E-state index in [0.717, 1.165) is 17.3 Å². The van der Waals surface area contributed by atoms with Gasteiger partial charge in [-0.25, -0.2) is 0 Å². The van der Waals surface area contributed by atoms with Gasteiger partial charge in [0.15, 0.2) is 0 Å². The van der Waals surface area contributed by atoms with Crippen LogP contribution in [0.3, 0.4) is 0 Å². The van der Waals surface area contributed by atoms with Gasteiger partial charge in [0.25, 0.3) is 0 Å². The lowest BCUT2D eigenvalue weighted by Crippen LogP contribution is -1.90. The van der Waals surface area contributed by atoms with Crippen LogP contribution in [0.15, 0.2) is 30.3 Å². The summed E-state index contributed by atoms with van der Waals surface area (Å²) in [5.74, 6) is 0. The summed E-state index contributed by atoms with van der Waals surface area (Å²) in [6, 6.07) is 10.6. The molecule has 15 heavy (non-hydrogen) atoms. The molecule has 0 bridgehead atoms. The minimum Gasteiger partial charge on any atom is -0.384 e. The number of benzene rings is 1. The van der Waals surface area contributed by atoms with E-state index >= 15 is 0 Å². The van der Waals surface area contributed by atoms with Gasteiger partial charge in [-0.2, -0.15) is 0 Å². The van der Waals surface area contributed by atoms with Gasteiger partial charge in [-0.1, -0.05) is 23.7 Å². The summed E-state index contributed by atoms with van der Waals surface area (Å²) < 4.78 is 0.846. The second-order valence-corrected chi connectivity index (χ2v) is 5.37. The molecule has 3 rings (SSSR count). The van der Waals surface area contributed by atoms with Crippen molar-refractivity contribution < 1.29 is 0 Å². The van der Waals surface area contributed by atoms with Crippen LogP contribution in [0.4, 0.5) is 5.69 Å². The highest BCUT2D eigenvalue weighted by molar-refractivity contribution is 7.19. The smallest absolute Gasteiger partial charge is 0.0934 e. The molecule has 0 spiro atoms. The first kappa shape index (κ1) is 9.25. The fourth-order valence-corrected chi connectivity index (χ4v) is 2.95.